The molecule has 0 radical (unpaired) electrons. The second kappa shape index (κ2) is 5.66. The fourth-order valence-electron chi connectivity index (χ4n) is 2.10. The van der Waals surface area contributed by atoms with Crippen LogP contribution in [0.5, 0.6) is 5.75 Å². The fraction of sp³-hybridized carbons (Fsp3) is 0.417. The van der Waals surface area contributed by atoms with Gasteiger partial charge in [-0.25, -0.2) is 0 Å². The molecule has 1 saturated heterocycles. The third kappa shape index (κ3) is 2.82. The summed E-state index contributed by atoms with van der Waals surface area (Å²) in [6.45, 7) is 1.57. The van der Waals surface area contributed by atoms with E-state index in [0.717, 1.165) is 13.0 Å². The van der Waals surface area contributed by atoms with Crippen molar-refractivity contribution < 1.29 is 14.5 Å². The van der Waals surface area contributed by atoms with Crippen molar-refractivity contribution in [1.29, 1.82) is 0 Å². The molecule has 0 spiro atoms. The van der Waals surface area contributed by atoms with Gasteiger partial charge in [0.15, 0.2) is 0 Å². The number of rotatable bonds is 4. The van der Waals surface area contributed by atoms with E-state index >= 15 is 0 Å². The van der Waals surface area contributed by atoms with Crippen molar-refractivity contribution >= 4 is 11.6 Å². The minimum Gasteiger partial charge on any atom is -0.490 e. The van der Waals surface area contributed by atoms with Crippen LogP contribution < -0.4 is 15.4 Å². The van der Waals surface area contributed by atoms with Crippen molar-refractivity contribution in [2.24, 2.45) is 0 Å². The molecule has 0 aliphatic carbocycles. The van der Waals surface area contributed by atoms with Gasteiger partial charge < -0.3 is 15.4 Å². The Morgan fingerprint density at radius 3 is 2.95 bits per heavy atom. The Labute approximate surface area is 110 Å². The van der Waals surface area contributed by atoms with Crippen LogP contribution in [0.1, 0.15) is 16.8 Å². The van der Waals surface area contributed by atoms with Crippen LogP contribution in [0, 0.1) is 10.1 Å². The Balaban J connectivity index is 2.25. The number of methoxy groups -OCH3 is 1. The molecule has 1 aliphatic rings. The van der Waals surface area contributed by atoms with E-state index in [2.05, 4.69) is 10.6 Å². The summed E-state index contributed by atoms with van der Waals surface area (Å²) >= 11 is 0. The molecule has 1 atom stereocenters. The number of amides is 1. The maximum atomic E-state index is 12.1. The Kier molecular flexibility index (Phi) is 3.96. The van der Waals surface area contributed by atoms with E-state index in [1.165, 1.54) is 25.3 Å². The highest BCUT2D eigenvalue weighted by Crippen LogP contribution is 2.30. The second-order valence-corrected chi connectivity index (χ2v) is 4.28. The monoisotopic (exact) mass is 265 g/mol. The molecule has 1 aromatic carbocycles. The molecule has 19 heavy (non-hydrogen) atoms. The lowest BCUT2D eigenvalue weighted by atomic mass is 10.1. The number of nitrogens with zero attached hydrogens (tertiary/aromatic N) is 1. The van der Waals surface area contributed by atoms with Crippen LogP contribution in [0.25, 0.3) is 0 Å². The highest BCUT2D eigenvalue weighted by Gasteiger charge is 2.24. The van der Waals surface area contributed by atoms with Gasteiger partial charge in [0.25, 0.3) is 5.91 Å². The largest absolute Gasteiger partial charge is 0.490 e. The first kappa shape index (κ1) is 13.3. The van der Waals surface area contributed by atoms with Crippen LogP contribution in [0.3, 0.4) is 0 Å². The quantitative estimate of drug-likeness (QED) is 0.617. The number of para-hydroxylation sites is 1. The van der Waals surface area contributed by atoms with E-state index in [-0.39, 0.29) is 28.9 Å². The number of carbonyl (C=O) groups excluding carboxylic acids is 1. The summed E-state index contributed by atoms with van der Waals surface area (Å²) in [6.07, 6.45) is 0.850. The Morgan fingerprint density at radius 2 is 2.37 bits per heavy atom. The average molecular weight is 265 g/mol. The van der Waals surface area contributed by atoms with Crippen LogP contribution in [0.2, 0.25) is 0 Å². The van der Waals surface area contributed by atoms with Gasteiger partial charge in [-0.3, -0.25) is 14.9 Å². The smallest absolute Gasteiger partial charge is 0.311 e. The summed E-state index contributed by atoms with van der Waals surface area (Å²) in [5.41, 5.74) is -0.0247. The molecule has 1 heterocycles. The zero-order valence-corrected chi connectivity index (χ0v) is 10.5. The lowest BCUT2D eigenvalue weighted by molar-refractivity contribution is -0.385. The predicted molar refractivity (Wildman–Crippen MR) is 68.4 cm³/mol. The van der Waals surface area contributed by atoms with E-state index in [9.17, 15) is 14.9 Å². The molecule has 7 nitrogen and oxygen atoms in total. The van der Waals surface area contributed by atoms with Crippen molar-refractivity contribution in [3.8, 4) is 5.75 Å². The van der Waals surface area contributed by atoms with E-state index < -0.39 is 4.92 Å². The van der Waals surface area contributed by atoms with Crippen LogP contribution in [-0.2, 0) is 0 Å². The maximum Gasteiger partial charge on any atom is 0.311 e. The van der Waals surface area contributed by atoms with E-state index in [1.54, 1.807) is 0 Å². The number of ether oxygens (including phenoxy) is 1. The summed E-state index contributed by atoms with van der Waals surface area (Å²) in [5.74, 6) is -0.356. The first-order valence-electron chi connectivity index (χ1n) is 5.96. The molecular weight excluding hydrogens is 250 g/mol. The highest BCUT2D eigenvalue weighted by atomic mass is 16.6. The molecule has 1 amide bonds. The highest BCUT2D eigenvalue weighted by molar-refractivity contribution is 5.98. The average Bonchev–Trinajstić information content (AvgIpc) is 2.90. The summed E-state index contributed by atoms with van der Waals surface area (Å²) in [7, 11) is 1.32. The number of hydrogen-bond acceptors (Lipinski definition) is 5. The van der Waals surface area contributed by atoms with Crippen molar-refractivity contribution in [2.75, 3.05) is 20.2 Å². The molecule has 2 N–H and O–H groups in total. The second-order valence-electron chi connectivity index (χ2n) is 4.28. The van der Waals surface area contributed by atoms with Gasteiger partial charge in [-0.15, -0.1) is 0 Å². The lowest BCUT2D eigenvalue weighted by Crippen LogP contribution is -2.36. The Morgan fingerprint density at radius 1 is 1.58 bits per heavy atom. The number of hydrogen-bond donors (Lipinski definition) is 2. The molecule has 0 bridgehead atoms. The van der Waals surface area contributed by atoms with Gasteiger partial charge in [0.05, 0.1) is 17.6 Å². The standard InChI is InChI=1S/C12H15N3O4/c1-19-11-9(3-2-4-10(11)15(17)18)12(16)14-8-5-6-13-7-8/h2-4,8,13H,5-7H2,1H3,(H,14,16)/t8-/m1/s1. The molecule has 0 saturated carbocycles. The summed E-state index contributed by atoms with van der Waals surface area (Å²) in [4.78, 5) is 22.4. The number of nitrogens with one attached hydrogen (secondary N) is 2. The molecule has 1 aromatic rings. The molecule has 1 fully saturated rings. The molecular formula is C12H15N3O4. The van der Waals surface area contributed by atoms with Crippen molar-refractivity contribution in [2.45, 2.75) is 12.5 Å². The van der Waals surface area contributed by atoms with Crippen LogP contribution in [-0.4, -0.2) is 37.1 Å². The zero-order chi connectivity index (χ0) is 13.8. The lowest BCUT2D eigenvalue weighted by Gasteiger charge is -2.13. The van der Waals surface area contributed by atoms with Gasteiger partial charge in [0, 0.05) is 18.7 Å². The fourth-order valence-corrected chi connectivity index (χ4v) is 2.10. The van der Waals surface area contributed by atoms with Gasteiger partial charge >= 0.3 is 5.69 Å². The van der Waals surface area contributed by atoms with E-state index in [1.807, 2.05) is 0 Å². The normalized spacial score (nSPS) is 18.1. The Hall–Kier alpha value is -2.15. The molecule has 1 aliphatic heterocycles. The van der Waals surface area contributed by atoms with Crippen LogP contribution in [0.4, 0.5) is 5.69 Å². The molecule has 7 heteroatoms. The third-order valence-electron chi connectivity index (χ3n) is 3.04. The first-order valence-corrected chi connectivity index (χ1v) is 5.96. The van der Waals surface area contributed by atoms with Gasteiger partial charge in [0.1, 0.15) is 0 Å². The van der Waals surface area contributed by atoms with Gasteiger partial charge in [-0.2, -0.15) is 0 Å². The predicted octanol–water partition coefficient (Wildman–Crippen LogP) is 0.695. The summed E-state index contributed by atoms with van der Waals surface area (Å²) < 4.78 is 5.01. The zero-order valence-electron chi connectivity index (χ0n) is 10.5. The molecule has 0 unspecified atom stereocenters. The molecule has 2 rings (SSSR count). The minimum absolute atomic E-state index is 0.00374. The summed E-state index contributed by atoms with van der Waals surface area (Å²) in [6, 6.07) is 4.36. The Bertz CT molecular complexity index is 498. The molecule has 0 aromatic heterocycles. The topological polar surface area (TPSA) is 93.5 Å². The maximum absolute atomic E-state index is 12.1. The molecule has 102 valence electrons. The van der Waals surface area contributed by atoms with Crippen LogP contribution >= 0.6 is 0 Å². The van der Waals surface area contributed by atoms with Gasteiger partial charge in [-0.05, 0) is 19.0 Å². The van der Waals surface area contributed by atoms with Crippen molar-refractivity contribution in [3.63, 3.8) is 0 Å². The van der Waals surface area contributed by atoms with Gasteiger partial charge in [-0.1, -0.05) is 6.07 Å². The summed E-state index contributed by atoms with van der Waals surface area (Å²) in [5, 5.41) is 16.8. The SMILES string of the molecule is COc1c(C(=O)N[C@@H]2CCNC2)cccc1[N+](=O)[O-]. The minimum atomic E-state index is -0.563. The third-order valence-corrected chi connectivity index (χ3v) is 3.04. The number of benzene rings is 1. The number of nitro benzene ring substituents is 1. The van der Waals surface area contributed by atoms with Crippen molar-refractivity contribution in [1.82, 2.24) is 10.6 Å². The van der Waals surface area contributed by atoms with E-state index in [0.29, 0.717) is 6.54 Å². The number of carbonyl (C=O) groups is 1. The van der Waals surface area contributed by atoms with Crippen LogP contribution in [0.15, 0.2) is 18.2 Å². The van der Waals surface area contributed by atoms with Gasteiger partial charge in [0.2, 0.25) is 5.75 Å². The number of nitro groups is 1. The first-order chi connectivity index (χ1) is 9.13. The van der Waals surface area contributed by atoms with Crippen molar-refractivity contribution in [3.05, 3.63) is 33.9 Å². The van der Waals surface area contributed by atoms with E-state index in [4.69, 9.17) is 4.74 Å².